The first-order valence-electron chi connectivity index (χ1n) is 10.8. The van der Waals surface area contributed by atoms with E-state index in [1.807, 2.05) is 48.5 Å². The number of nitrogens with zero attached hydrogens (tertiary/aromatic N) is 3. The van der Waals surface area contributed by atoms with Crippen molar-refractivity contribution in [3.05, 3.63) is 60.2 Å². The Bertz CT molecular complexity index is 1050. The molecule has 0 aliphatic carbocycles. The van der Waals surface area contributed by atoms with Gasteiger partial charge in [-0.1, -0.05) is 36.4 Å². The van der Waals surface area contributed by atoms with E-state index in [0.717, 1.165) is 23.5 Å². The van der Waals surface area contributed by atoms with Crippen molar-refractivity contribution in [1.82, 2.24) is 10.2 Å². The molecule has 7 heteroatoms. The molecule has 0 radical (unpaired) electrons. The lowest BCUT2D eigenvalue weighted by atomic mass is 9.67. The minimum absolute atomic E-state index is 0.286. The number of urea groups is 1. The molecule has 3 heterocycles. The van der Waals surface area contributed by atoms with Crippen molar-refractivity contribution in [2.24, 2.45) is 5.41 Å². The Kier molecular flexibility index (Phi) is 4.50. The maximum atomic E-state index is 13.9. The number of amides is 4. The van der Waals surface area contributed by atoms with Crippen molar-refractivity contribution < 1.29 is 14.4 Å². The minimum Gasteiger partial charge on any atom is -0.368 e. The molecule has 2 saturated heterocycles. The van der Waals surface area contributed by atoms with Crippen LogP contribution in [-0.2, 0) is 16.0 Å². The average molecular weight is 418 g/mol. The number of piperazine rings is 1. The normalized spacial score (nSPS) is 25.6. The number of para-hydroxylation sites is 2. The largest absolute Gasteiger partial charge is 0.368 e. The van der Waals surface area contributed by atoms with Gasteiger partial charge in [-0.3, -0.25) is 19.8 Å². The fraction of sp³-hybridized carbons (Fsp3) is 0.375. The van der Waals surface area contributed by atoms with E-state index in [-0.39, 0.29) is 18.5 Å². The van der Waals surface area contributed by atoms with Gasteiger partial charge in [-0.15, -0.1) is 0 Å². The summed E-state index contributed by atoms with van der Waals surface area (Å²) in [5.41, 5.74) is 1.75. The topological polar surface area (TPSA) is 73.0 Å². The second-order valence-corrected chi connectivity index (χ2v) is 8.80. The van der Waals surface area contributed by atoms with Gasteiger partial charge < -0.3 is 9.80 Å². The molecule has 3 aliphatic heterocycles. The standard InChI is InChI=1S/C24H26N4O3/c1-16(2)28-22(30)24(21(29)25-23(28)31)14-17-8-6-7-11-19(17)27-13-12-26(15-20(24)27)18-9-4-3-5-10-18/h3-11,16,20H,12-15H2,1-2H3,(H,25,29,31)/t20-,24+/m1/s1. The molecule has 0 unspecified atom stereocenters. The summed E-state index contributed by atoms with van der Waals surface area (Å²) in [5, 5.41) is 2.50. The van der Waals surface area contributed by atoms with Gasteiger partial charge in [0.2, 0.25) is 11.8 Å². The molecule has 5 rings (SSSR count). The Balaban J connectivity index is 1.64. The van der Waals surface area contributed by atoms with Crippen LogP contribution in [-0.4, -0.2) is 54.5 Å². The first-order valence-corrected chi connectivity index (χ1v) is 10.8. The van der Waals surface area contributed by atoms with Crippen LogP contribution >= 0.6 is 0 Å². The van der Waals surface area contributed by atoms with E-state index in [9.17, 15) is 14.4 Å². The summed E-state index contributed by atoms with van der Waals surface area (Å²) in [5.74, 6) is -0.880. The zero-order valence-corrected chi connectivity index (χ0v) is 17.7. The predicted octanol–water partition coefficient (Wildman–Crippen LogP) is 2.41. The van der Waals surface area contributed by atoms with Gasteiger partial charge in [-0.05, 0) is 44.0 Å². The number of anilines is 2. The molecular weight excluding hydrogens is 392 g/mol. The molecule has 2 fully saturated rings. The average Bonchev–Trinajstić information content (AvgIpc) is 2.77. The van der Waals surface area contributed by atoms with Crippen LogP contribution in [0.3, 0.4) is 0 Å². The zero-order valence-electron chi connectivity index (χ0n) is 17.7. The molecule has 4 amide bonds. The molecular formula is C24H26N4O3. The van der Waals surface area contributed by atoms with Crippen LogP contribution in [0.15, 0.2) is 54.6 Å². The number of fused-ring (bicyclic) bond motifs is 4. The van der Waals surface area contributed by atoms with Crippen molar-refractivity contribution >= 4 is 29.2 Å². The van der Waals surface area contributed by atoms with Crippen molar-refractivity contribution in [2.75, 3.05) is 29.4 Å². The van der Waals surface area contributed by atoms with E-state index in [0.29, 0.717) is 13.1 Å². The third-order valence-corrected chi connectivity index (χ3v) is 6.80. The van der Waals surface area contributed by atoms with Crippen molar-refractivity contribution in [2.45, 2.75) is 32.4 Å². The Hall–Kier alpha value is -3.35. The number of hydrogen-bond acceptors (Lipinski definition) is 5. The molecule has 7 nitrogen and oxygen atoms in total. The molecule has 1 spiro atoms. The van der Waals surface area contributed by atoms with Crippen LogP contribution in [0.1, 0.15) is 19.4 Å². The molecule has 2 atom stereocenters. The number of imide groups is 2. The van der Waals surface area contributed by atoms with Gasteiger partial charge in [-0.2, -0.15) is 0 Å². The van der Waals surface area contributed by atoms with E-state index in [4.69, 9.17) is 0 Å². The number of barbiturate groups is 1. The number of rotatable bonds is 2. The summed E-state index contributed by atoms with van der Waals surface area (Å²) in [7, 11) is 0. The van der Waals surface area contributed by atoms with Crippen LogP contribution < -0.4 is 15.1 Å². The molecule has 160 valence electrons. The van der Waals surface area contributed by atoms with Gasteiger partial charge in [0.1, 0.15) is 0 Å². The van der Waals surface area contributed by atoms with Gasteiger partial charge in [0.05, 0.1) is 6.04 Å². The summed E-state index contributed by atoms with van der Waals surface area (Å²) in [6.45, 7) is 5.60. The van der Waals surface area contributed by atoms with Gasteiger partial charge in [0.15, 0.2) is 5.41 Å². The Morgan fingerprint density at radius 3 is 2.42 bits per heavy atom. The van der Waals surface area contributed by atoms with E-state index in [1.54, 1.807) is 13.8 Å². The third kappa shape index (κ3) is 2.83. The monoisotopic (exact) mass is 418 g/mol. The number of hydrogen-bond donors (Lipinski definition) is 1. The number of benzene rings is 2. The second kappa shape index (κ2) is 7.11. The first-order chi connectivity index (χ1) is 14.9. The maximum Gasteiger partial charge on any atom is 0.331 e. The molecule has 2 aromatic carbocycles. The molecule has 2 aromatic rings. The highest BCUT2D eigenvalue weighted by molar-refractivity contribution is 6.20. The fourth-order valence-electron chi connectivity index (χ4n) is 5.32. The van der Waals surface area contributed by atoms with Crippen LogP contribution in [0.25, 0.3) is 0 Å². The van der Waals surface area contributed by atoms with Crippen molar-refractivity contribution in [1.29, 1.82) is 0 Å². The summed E-state index contributed by atoms with van der Waals surface area (Å²) < 4.78 is 0. The van der Waals surface area contributed by atoms with Gasteiger partial charge in [-0.25, -0.2) is 4.79 Å². The van der Waals surface area contributed by atoms with Gasteiger partial charge in [0, 0.05) is 37.1 Å². The Morgan fingerprint density at radius 1 is 0.968 bits per heavy atom. The SMILES string of the molecule is CC(C)N1C(=O)NC(=O)[C@@]2(Cc3ccccc3N3CCN(c4ccccc4)C[C@@H]32)C1=O. The highest BCUT2D eigenvalue weighted by Gasteiger charge is 2.63. The van der Waals surface area contributed by atoms with E-state index >= 15 is 0 Å². The summed E-state index contributed by atoms with van der Waals surface area (Å²) >= 11 is 0. The Morgan fingerprint density at radius 2 is 1.68 bits per heavy atom. The first kappa shape index (κ1) is 19.6. The number of carbonyl (C=O) groups is 3. The van der Waals surface area contributed by atoms with E-state index < -0.39 is 23.3 Å². The van der Waals surface area contributed by atoms with Crippen molar-refractivity contribution in [3.8, 4) is 0 Å². The maximum absolute atomic E-state index is 13.9. The molecule has 0 saturated carbocycles. The predicted molar refractivity (Wildman–Crippen MR) is 118 cm³/mol. The smallest absolute Gasteiger partial charge is 0.331 e. The van der Waals surface area contributed by atoms with Crippen LogP contribution in [0.4, 0.5) is 16.2 Å². The molecule has 31 heavy (non-hydrogen) atoms. The molecule has 1 N–H and O–H groups in total. The third-order valence-electron chi connectivity index (χ3n) is 6.80. The van der Waals surface area contributed by atoms with Crippen molar-refractivity contribution in [3.63, 3.8) is 0 Å². The number of nitrogens with one attached hydrogen (secondary N) is 1. The second-order valence-electron chi connectivity index (χ2n) is 8.80. The molecule has 0 aromatic heterocycles. The quantitative estimate of drug-likeness (QED) is 0.759. The lowest BCUT2D eigenvalue weighted by Crippen LogP contribution is -2.75. The molecule has 0 bridgehead atoms. The number of carbonyl (C=O) groups excluding carboxylic acids is 3. The van der Waals surface area contributed by atoms with Gasteiger partial charge in [0.25, 0.3) is 0 Å². The zero-order chi connectivity index (χ0) is 21.8. The summed E-state index contributed by atoms with van der Waals surface area (Å²) in [6.07, 6.45) is 0.286. The highest BCUT2D eigenvalue weighted by Crippen LogP contribution is 2.46. The van der Waals surface area contributed by atoms with Crippen LogP contribution in [0.2, 0.25) is 0 Å². The summed E-state index contributed by atoms with van der Waals surface area (Å²) in [4.78, 5) is 45.5. The lowest BCUT2D eigenvalue weighted by Gasteiger charge is -2.56. The van der Waals surface area contributed by atoms with E-state index in [2.05, 4.69) is 21.2 Å². The minimum atomic E-state index is -1.35. The molecule has 3 aliphatic rings. The van der Waals surface area contributed by atoms with Gasteiger partial charge >= 0.3 is 6.03 Å². The highest BCUT2D eigenvalue weighted by atomic mass is 16.2. The summed E-state index contributed by atoms with van der Waals surface area (Å²) in [6, 6.07) is 16.7. The fourth-order valence-corrected chi connectivity index (χ4v) is 5.32. The lowest BCUT2D eigenvalue weighted by molar-refractivity contribution is -0.154. The van der Waals surface area contributed by atoms with Crippen LogP contribution in [0, 0.1) is 5.41 Å². The Labute approximate surface area is 181 Å². The van der Waals surface area contributed by atoms with Crippen LogP contribution in [0.5, 0.6) is 0 Å². The van der Waals surface area contributed by atoms with E-state index in [1.165, 1.54) is 4.90 Å².